The molecule has 2 rings (SSSR count). The van der Waals surface area contributed by atoms with E-state index in [-0.39, 0.29) is 12.2 Å². The van der Waals surface area contributed by atoms with E-state index in [2.05, 4.69) is 10.6 Å². The highest BCUT2D eigenvalue weighted by Crippen LogP contribution is 2.12. The van der Waals surface area contributed by atoms with E-state index in [0.29, 0.717) is 5.56 Å². The average Bonchev–Trinajstić information content (AvgIpc) is 2.53. The third-order valence-corrected chi connectivity index (χ3v) is 3.00. The Morgan fingerprint density at radius 2 is 1.70 bits per heavy atom. The van der Waals surface area contributed by atoms with E-state index in [0.717, 1.165) is 6.07 Å². The molecular weight excluding hydrogens is 306 g/mol. The molecule has 0 aliphatic heterocycles. The normalized spacial score (nSPS) is 11.6. The van der Waals surface area contributed by atoms with Gasteiger partial charge in [-0.1, -0.05) is 18.2 Å². The number of aliphatic hydroxyl groups is 1. The van der Waals surface area contributed by atoms with Gasteiger partial charge in [0, 0.05) is 12.2 Å². The monoisotopic (exact) mass is 320 g/mol. The number of aliphatic hydroxyl groups excluding tert-OH is 1. The molecule has 23 heavy (non-hydrogen) atoms. The number of nitrogens with one attached hydrogen (secondary N) is 2. The van der Waals surface area contributed by atoms with Gasteiger partial charge in [-0.25, -0.2) is 8.78 Å². The lowest BCUT2D eigenvalue weighted by atomic mass is 10.1. The first-order valence-corrected chi connectivity index (χ1v) is 6.74. The van der Waals surface area contributed by atoms with E-state index in [9.17, 15) is 23.5 Å². The number of halogens is 2. The van der Waals surface area contributed by atoms with E-state index in [1.54, 1.807) is 0 Å². The minimum atomic E-state index is -1.08. The zero-order valence-corrected chi connectivity index (χ0v) is 11.9. The summed E-state index contributed by atoms with van der Waals surface area (Å²) in [5.74, 6) is -2.95. The van der Waals surface area contributed by atoms with Crippen LogP contribution in [0.25, 0.3) is 0 Å². The molecule has 5 nitrogen and oxygen atoms in total. The Bertz CT molecular complexity index is 705. The molecule has 0 aliphatic carbocycles. The van der Waals surface area contributed by atoms with Crippen LogP contribution in [0.4, 0.5) is 14.5 Å². The highest BCUT2D eigenvalue weighted by atomic mass is 19.1. The van der Waals surface area contributed by atoms with Gasteiger partial charge in [0.25, 0.3) is 0 Å². The first-order chi connectivity index (χ1) is 11.0. The Kier molecular flexibility index (Phi) is 5.37. The number of hydrogen-bond acceptors (Lipinski definition) is 3. The summed E-state index contributed by atoms with van der Waals surface area (Å²) in [7, 11) is 0. The zero-order chi connectivity index (χ0) is 16.8. The van der Waals surface area contributed by atoms with Crippen molar-refractivity contribution in [2.24, 2.45) is 0 Å². The van der Waals surface area contributed by atoms with Gasteiger partial charge in [0.2, 0.25) is 0 Å². The van der Waals surface area contributed by atoms with Crippen LogP contribution in [0, 0.1) is 11.6 Å². The minimum Gasteiger partial charge on any atom is -0.387 e. The van der Waals surface area contributed by atoms with Crippen molar-refractivity contribution in [3.8, 4) is 0 Å². The Balaban J connectivity index is 1.86. The van der Waals surface area contributed by atoms with Crippen LogP contribution < -0.4 is 10.6 Å². The van der Waals surface area contributed by atoms with Crippen LogP contribution >= 0.6 is 0 Å². The molecule has 0 spiro atoms. The quantitative estimate of drug-likeness (QED) is 0.751. The van der Waals surface area contributed by atoms with Crippen molar-refractivity contribution in [1.29, 1.82) is 0 Å². The fourth-order valence-electron chi connectivity index (χ4n) is 1.83. The summed E-state index contributed by atoms with van der Waals surface area (Å²) < 4.78 is 25.8. The number of carbonyl (C=O) groups is 2. The Labute approximate surface area is 130 Å². The first-order valence-electron chi connectivity index (χ1n) is 6.74. The molecule has 7 heteroatoms. The van der Waals surface area contributed by atoms with Crippen LogP contribution in [0.15, 0.2) is 48.5 Å². The molecule has 0 fully saturated rings. The van der Waals surface area contributed by atoms with Crippen molar-refractivity contribution in [3.05, 3.63) is 65.7 Å². The Hall–Kier alpha value is -2.80. The second-order valence-corrected chi connectivity index (χ2v) is 4.74. The number of rotatable bonds is 4. The fourth-order valence-corrected chi connectivity index (χ4v) is 1.83. The smallest absolute Gasteiger partial charge is 0.313 e. The molecule has 0 heterocycles. The lowest BCUT2D eigenvalue weighted by Gasteiger charge is -2.12. The fraction of sp³-hybridized carbons (Fsp3) is 0.125. The number of amides is 2. The van der Waals surface area contributed by atoms with Gasteiger partial charge in [-0.2, -0.15) is 0 Å². The molecule has 3 N–H and O–H groups in total. The van der Waals surface area contributed by atoms with Gasteiger partial charge in [-0.05, 0) is 35.9 Å². The molecule has 2 aromatic rings. The largest absolute Gasteiger partial charge is 0.387 e. The number of benzene rings is 2. The highest BCUT2D eigenvalue weighted by Gasteiger charge is 2.16. The average molecular weight is 320 g/mol. The number of hydrogen-bond donors (Lipinski definition) is 3. The van der Waals surface area contributed by atoms with Gasteiger partial charge < -0.3 is 15.7 Å². The second kappa shape index (κ2) is 7.46. The van der Waals surface area contributed by atoms with Gasteiger partial charge in [0.15, 0.2) is 0 Å². The number of carbonyl (C=O) groups excluding carboxylic acids is 2. The van der Waals surface area contributed by atoms with Crippen LogP contribution in [0.5, 0.6) is 0 Å². The van der Waals surface area contributed by atoms with Gasteiger partial charge in [0.1, 0.15) is 11.6 Å². The van der Waals surface area contributed by atoms with Crippen molar-refractivity contribution in [2.45, 2.75) is 6.10 Å². The summed E-state index contributed by atoms with van der Waals surface area (Å²) in [6.45, 7) is -0.221. The molecule has 1 atom stereocenters. The van der Waals surface area contributed by atoms with E-state index in [1.165, 1.54) is 42.5 Å². The first kappa shape index (κ1) is 16.6. The van der Waals surface area contributed by atoms with Gasteiger partial charge in [-0.3, -0.25) is 9.59 Å². The van der Waals surface area contributed by atoms with Crippen LogP contribution in [0.1, 0.15) is 11.7 Å². The molecule has 0 radical (unpaired) electrons. The molecule has 2 amide bonds. The SMILES string of the molecule is O=C(NCC(O)c1ccc(F)cc1)C(=O)Nc1cccc(F)c1. The van der Waals surface area contributed by atoms with Crippen LogP contribution in [0.2, 0.25) is 0 Å². The number of anilines is 1. The van der Waals surface area contributed by atoms with Gasteiger partial charge in [-0.15, -0.1) is 0 Å². The molecule has 2 aromatic carbocycles. The Morgan fingerprint density at radius 3 is 2.35 bits per heavy atom. The summed E-state index contributed by atoms with van der Waals surface area (Å²) in [5, 5.41) is 14.3. The topological polar surface area (TPSA) is 78.4 Å². The maximum Gasteiger partial charge on any atom is 0.313 e. The van der Waals surface area contributed by atoms with Crippen LogP contribution in [0.3, 0.4) is 0 Å². The third-order valence-electron chi connectivity index (χ3n) is 3.00. The predicted molar refractivity (Wildman–Crippen MR) is 79.4 cm³/mol. The summed E-state index contributed by atoms with van der Waals surface area (Å²) in [6.07, 6.45) is -1.08. The van der Waals surface area contributed by atoms with Crippen LogP contribution in [-0.4, -0.2) is 23.5 Å². The summed E-state index contributed by atoms with van der Waals surface area (Å²) in [5.41, 5.74) is 0.543. The molecular formula is C16H14F2N2O3. The molecule has 0 saturated carbocycles. The molecule has 0 saturated heterocycles. The van der Waals surface area contributed by atoms with E-state index in [1.807, 2.05) is 0 Å². The standard InChI is InChI=1S/C16H14F2N2O3/c17-11-6-4-10(5-7-11)14(21)9-19-15(22)16(23)20-13-3-1-2-12(18)8-13/h1-8,14,21H,9H2,(H,19,22)(H,20,23). The lowest BCUT2D eigenvalue weighted by molar-refractivity contribution is -0.136. The minimum absolute atomic E-state index is 0.143. The third kappa shape index (κ3) is 4.86. The molecule has 0 bridgehead atoms. The van der Waals surface area contributed by atoms with Gasteiger partial charge >= 0.3 is 11.8 Å². The van der Waals surface area contributed by atoms with Crippen LogP contribution in [-0.2, 0) is 9.59 Å². The van der Waals surface area contributed by atoms with E-state index in [4.69, 9.17) is 0 Å². The summed E-state index contributed by atoms with van der Waals surface area (Å²) in [4.78, 5) is 23.3. The molecule has 0 aliphatic rings. The van der Waals surface area contributed by atoms with Crippen molar-refractivity contribution >= 4 is 17.5 Å². The molecule has 120 valence electrons. The van der Waals surface area contributed by atoms with E-state index < -0.39 is 29.6 Å². The van der Waals surface area contributed by atoms with Crippen molar-refractivity contribution < 1.29 is 23.5 Å². The highest BCUT2D eigenvalue weighted by molar-refractivity contribution is 6.39. The second-order valence-electron chi connectivity index (χ2n) is 4.74. The zero-order valence-electron chi connectivity index (χ0n) is 11.9. The maximum absolute atomic E-state index is 13.0. The van der Waals surface area contributed by atoms with Crippen molar-refractivity contribution in [1.82, 2.24) is 5.32 Å². The lowest BCUT2D eigenvalue weighted by Crippen LogP contribution is -2.37. The van der Waals surface area contributed by atoms with E-state index >= 15 is 0 Å². The Morgan fingerprint density at radius 1 is 1.00 bits per heavy atom. The van der Waals surface area contributed by atoms with Crippen molar-refractivity contribution in [2.75, 3.05) is 11.9 Å². The molecule has 0 aromatic heterocycles. The molecule has 1 unspecified atom stereocenters. The summed E-state index contributed by atoms with van der Waals surface area (Å²) >= 11 is 0. The summed E-state index contributed by atoms with van der Waals surface area (Å²) in [6, 6.07) is 10.2. The van der Waals surface area contributed by atoms with Crippen molar-refractivity contribution in [3.63, 3.8) is 0 Å². The van der Waals surface area contributed by atoms with Gasteiger partial charge in [0.05, 0.1) is 6.10 Å². The maximum atomic E-state index is 13.0. The predicted octanol–water partition coefficient (Wildman–Crippen LogP) is 1.75.